The van der Waals surface area contributed by atoms with Gasteiger partial charge >= 0.3 is 0 Å². The highest BCUT2D eigenvalue weighted by molar-refractivity contribution is 6.08. The van der Waals surface area contributed by atoms with Crippen molar-refractivity contribution >= 4 is 17.4 Å². The Bertz CT molecular complexity index is 608. The Labute approximate surface area is 103 Å². The largest absolute Gasteiger partial charge is 0.398 e. The van der Waals surface area contributed by atoms with Gasteiger partial charge in [-0.1, -0.05) is 12.1 Å². The van der Waals surface area contributed by atoms with Crippen molar-refractivity contribution in [1.82, 2.24) is 10.2 Å². The first kappa shape index (κ1) is 11.8. The predicted octanol–water partition coefficient (Wildman–Crippen LogP) is 0.913. The Morgan fingerprint density at radius 1 is 1.33 bits per heavy atom. The van der Waals surface area contributed by atoms with Gasteiger partial charge in [-0.05, 0) is 24.6 Å². The number of carbonyl (C=O) groups is 1. The molecule has 0 radical (unpaired) electrons. The highest BCUT2D eigenvalue weighted by atomic mass is 16.2. The Morgan fingerprint density at radius 3 is 2.72 bits per heavy atom. The van der Waals surface area contributed by atoms with E-state index >= 15 is 0 Å². The van der Waals surface area contributed by atoms with Crippen LogP contribution in [0.2, 0.25) is 0 Å². The molecule has 0 spiro atoms. The molecule has 6 heteroatoms. The lowest BCUT2D eigenvalue weighted by molar-refractivity contribution is 0.102. The Morgan fingerprint density at radius 2 is 2.11 bits per heavy atom. The van der Waals surface area contributed by atoms with E-state index in [1.165, 1.54) is 12.1 Å². The zero-order chi connectivity index (χ0) is 13.1. The Hall–Kier alpha value is -2.63. The predicted molar refractivity (Wildman–Crippen MR) is 68.4 cm³/mol. The monoisotopic (exact) mass is 244 g/mol. The van der Waals surface area contributed by atoms with Crippen molar-refractivity contribution in [2.75, 3.05) is 11.1 Å². The number of amides is 1. The molecule has 2 rings (SSSR count). The normalized spacial score (nSPS) is 10.1. The number of hydrogen-bond donors (Lipinski definition) is 3. The average molecular weight is 244 g/mol. The summed E-state index contributed by atoms with van der Waals surface area (Å²) >= 11 is 0. The molecule has 0 saturated heterocycles. The molecule has 4 N–H and O–H groups in total. The lowest BCUT2D eigenvalue weighted by atomic mass is 10.1. The SMILES string of the molecule is Cc1cccc(N)c1C(=O)Nc1ccc(=O)[nH]n1. The van der Waals surface area contributed by atoms with Gasteiger partial charge in [-0.15, -0.1) is 0 Å². The third-order valence-corrected chi connectivity index (χ3v) is 2.45. The first-order chi connectivity index (χ1) is 8.58. The van der Waals surface area contributed by atoms with Crippen molar-refractivity contribution in [3.8, 4) is 0 Å². The van der Waals surface area contributed by atoms with E-state index in [1.54, 1.807) is 25.1 Å². The summed E-state index contributed by atoms with van der Waals surface area (Å²) in [7, 11) is 0. The number of hydrogen-bond acceptors (Lipinski definition) is 4. The molecule has 1 heterocycles. The van der Waals surface area contributed by atoms with E-state index in [0.717, 1.165) is 5.56 Å². The van der Waals surface area contributed by atoms with Gasteiger partial charge in [-0.25, -0.2) is 5.10 Å². The average Bonchev–Trinajstić information content (AvgIpc) is 2.32. The van der Waals surface area contributed by atoms with Crippen LogP contribution in [0.25, 0.3) is 0 Å². The van der Waals surface area contributed by atoms with Crippen molar-refractivity contribution < 1.29 is 4.79 Å². The van der Waals surface area contributed by atoms with E-state index in [9.17, 15) is 9.59 Å². The van der Waals surface area contributed by atoms with Gasteiger partial charge in [0, 0.05) is 11.8 Å². The number of rotatable bonds is 2. The first-order valence-electron chi connectivity index (χ1n) is 5.30. The number of nitrogen functional groups attached to an aromatic ring is 1. The second-order valence-electron chi connectivity index (χ2n) is 3.80. The third-order valence-electron chi connectivity index (χ3n) is 2.45. The Balaban J connectivity index is 2.27. The second-order valence-corrected chi connectivity index (χ2v) is 3.80. The van der Waals surface area contributed by atoms with E-state index in [-0.39, 0.29) is 17.3 Å². The number of nitrogens with one attached hydrogen (secondary N) is 2. The number of anilines is 2. The van der Waals surface area contributed by atoms with Crippen LogP contribution in [-0.4, -0.2) is 16.1 Å². The van der Waals surface area contributed by atoms with Crippen molar-refractivity contribution in [3.05, 3.63) is 51.8 Å². The maximum atomic E-state index is 12.0. The number of benzene rings is 1. The lowest BCUT2D eigenvalue weighted by Gasteiger charge is -2.09. The molecule has 0 aliphatic heterocycles. The van der Waals surface area contributed by atoms with Crippen molar-refractivity contribution in [1.29, 1.82) is 0 Å². The van der Waals surface area contributed by atoms with Gasteiger partial charge in [0.05, 0.1) is 5.56 Å². The van der Waals surface area contributed by atoms with Gasteiger partial charge in [0.1, 0.15) is 0 Å². The quantitative estimate of drug-likeness (QED) is 0.683. The zero-order valence-corrected chi connectivity index (χ0v) is 9.73. The topological polar surface area (TPSA) is 101 Å². The summed E-state index contributed by atoms with van der Waals surface area (Å²) in [4.78, 5) is 22.9. The number of H-pyrrole nitrogens is 1. The van der Waals surface area contributed by atoms with Crippen molar-refractivity contribution in [2.24, 2.45) is 0 Å². The van der Waals surface area contributed by atoms with Crippen molar-refractivity contribution in [2.45, 2.75) is 6.92 Å². The fourth-order valence-electron chi connectivity index (χ4n) is 1.59. The van der Waals surface area contributed by atoms with Crippen LogP contribution in [0.3, 0.4) is 0 Å². The molecule has 1 aromatic carbocycles. The summed E-state index contributed by atoms with van der Waals surface area (Å²) in [5.74, 6) is -0.0904. The minimum Gasteiger partial charge on any atom is -0.398 e. The third kappa shape index (κ3) is 2.37. The fraction of sp³-hybridized carbons (Fsp3) is 0.0833. The van der Waals surface area contributed by atoms with Crippen molar-refractivity contribution in [3.63, 3.8) is 0 Å². The van der Waals surface area contributed by atoms with Gasteiger partial charge in [-0.3, -0.25) is 9.59 Å². The van der Waals surface area contributed by atoms with Crippen LogP contribution in [0.1, 0.15) is 15.9 Å². The minimum atomic E-state index is -0.356. The number of aryl methyl sites for hydroxylation is 1. The molecule has 0 atom stereocenters. The van der Waals surface area contributed by atoms with E-state index in [1.807, 2.05) is 0 Å². The maximum Gasteiger partial charge on any atom is 0.264 e. The number of carbonyl (C=O) groups excluding carboxylic acids is 1. The molecular formula is C12H12N4O2. The Kier molecular flexibility index (Phi) is 3.09. The van der Waals surface area contributed by atoms with Gasteiger partial charge in [0.2, 0.25) is 0 Å². The maximum absolute atomic E-state index is 12.0. The smallest absolute Gasteiger partial charge is 0.264 e. The van der Waals surface area contributed by atoms with Crippen LogP contribution in [0.4, 0.5) is 11.5 Å². The summed E-state index contributed by atoms with van der Waals surface area (Å²) in [6, 6.07) is 7.93. The van der Waals surface area contributed by atoms with Crippen LogP contribution >= 0.6 is 0 Å². The lowest BCUT2D eigenvalue weighted by Crippen LogP contribution is -2.18. The highest BCUT2D eigenvalue weighted by Gasteiger charge is 2.13. The fourth-order valence-corrected chi connectivity index (χ4v) is 1.59. The molecule has 0 aliphatic carbocycles. The summed E-state index contributed by atoms with van der Waals surface area (Å²) in [6.07, 6.45) is 0. The molecule has 1 aromatic heterocycles. The molecule has 1 amide bonds. The summed E-state index contributed by atoms with van der Waals surface area (Å²) in [5, 5.41) is 8.49. The standard InChI is InChI=1S/C12H12N4O2/c1-7-3-2-4-8(13)11(7)12(18)14-9-5-6-10(17)16-15-9/h2-6H,13H2,1H3,(H,16,17)(H,14,15,18). The molecular weight excluding hydrogens is 232 g/mol. The van der Waals surface area contributed by atoms with Crippen LogP contribution in [0, 0.1) is 6.92 Å². The van der Waals surface area contributed by atoms with E-state index in [2.05, 4.69) is 15.5 Å². The number of nitrogens with zero attached hydrogens (tertiary/aromatic N) is 1. The molecule has 0 bridgehead atoms. The van der Waals surface area contributed by atoms with Crippen LogP contribution < -0.4 is 16.6 Å². The molecule has 18 heavy (non-hydrogen) atoms. The molecule has 6 nitrogen and oxygen atoms in total. The van der Waals surface area contributed by atoms with Gasteiger partial charge in [0.25, 0.3) is 11.5 Å². The van der Waals surface area contributed by atoms with Crippen LogP contribution in [0.15, 0.2) is 35.1 Å². The zero-order valence-electron chi connectivity index (χ0n) is 9.73. The molecule has 0 fully saturated rings. The van der Waals surface area contributed by atoms with E-state index in [0.29, 0.717) is 11.3 Å². The number of aromatic amines is 1. The highest BCUT2D eigenvalue weighted by Crippen LogP contribution is 2.17. The van der Waals surface area contributed by atoms with E-state index < -0.39 is 0 Å². The van der Waals surface area contributed by atoms with Crippen LogP contribution in [0.5, 0.6) is 0 Å². The number of nitrogens with two attached hydrogens (primary N) is 1. The molecule has 92 valence electrons. The molecule has 2 aromatic rings. The van der Waals surface area contributed by atoms with Crippen LogP contribution in [-0.2, 0) is 0 Å². The number of aromatic nitrogens is 2. The summed E-state index contributed by atoms with van der Waals surface area (Å²) in [5.41, 5.74) is 7.01. The summed E-state index contributed by atoms with van der Waals surface area (Å²) < 4.78 is 0. The minimum absolute atomic E-state index is 0.266. The molecule has 0 saturated carbocycles. The second kappa shape index (κ2) is 4.70. The molecule has 0 aliphatic rings. The van der Waals surface area contributed by atoms with Gasteiger partial charge in [0.15, 0.2) is 5.82 Å². The van der Waals surface area contributed by atoms with Gasteiger partial charge < -0.3 is 11.1 Å². The van der Waals surface area contributed by atoms with Gasteiger partial charge in [-0.2, -0.15) is 5.10 Å². The van der Waals surface area contributed by atoms with E-state index in [4.69, 9.17) is 5.73 Å². The molecule has 0 unspecified atom stereocenters. The first-order valence-corrected chi connectivity index (χ1v) is 5.30. The summed E-state index contributed by atoms with van der Waals surface area (Å²) in [6.45, 7) is 1.80.